The van der Waals surface area contributed by atoms with Crippen LogP contribution in [0.5, 0.6) is 0 Å². The van der Waals surface area contributed by atoms with Gasteiger partial charge in [-0.25, -0.2) is 0 Å². The van der Waals surface area contributed by atoms with Gasteiger partial charge in [-0.1, -0.05) is 0 Å². The lowest BCUT2D eigenvalue weighted by atomic mass is 10.1. The molecule has 0 saturated carbocycles. The van der Waals surface area contributed by atoms with Gasteiger partial charge in [0, 0.05) is 24.3 Å². The first-order chi connectivity index (χ1) is 8.95. The maximum absolute atomic E-state index is 12.6. The molecule has 1 aliphatic heterocycles. The van der Waals surface area contributed by atoms with Gasteiger partial charge in [-0.2, -0.15) is 18.3 Å². The van der Waals surface area contributed by atoms with Crippen molar-refractivity contribution in [2.24, 2.45) is 5.73 Å². The molecule has 7 heteroatoms. The Morgan fingerprint density at radius 2 is 2.11 bits per heavy atom. The van der Waals surface area contributed by atoms with Crippen molar-refractivity contribution < 1.29 is 13.2 Å². The third-order valence-electron chi connectivity index (χ3n) is 3.19. The van der Waals surface area contributed by atoms with E-state index in [1.54, 1.807) is 10.7 Å². The third-order valence-corrected chi connectivity index (χ3v) is 3.19. The first-order valence-corrected chi connectivity index (χ1v) is 5.82. The molecule has 0 saturated heterocycles. The van der Waals surface area contributed by atoms with E-state index in [0.29, 0.717) is 17.8 Å². The zero-order valence-corrected chi connectivity index (χ0v) is 9.85. The number of alkyl halides is 3. The number of nitrogens with two attached hydrogens (primary N) is 1. The van der Waals surface area contributed by atoms with Crippen LogP contribution in [0, 0.1) is 0 Å². The maximum atomic E-state index is 12.6. The number of rotatable bonds is 1. The predicted molar refractivity (Wildman–Crippen MR) is 62.0 cm³/mol. The van der Waals surface area contributed by atoms with Gasteiger partial charge in [0.1, 0.15) is 5.69 Å². The Bertz CT molecular complexity index is 618. The molecule has 1 aliphatic rings. The minimum Gasteiger partial charge on any atom is -0.323 e. The summed E-state index contributed by atoms with van der Waals surface area (Å²) in [5, 5.41) is 4.28. The number of aromatic nitrogens is 3. The molecular formula is C12H11F3N4. The van der Waals surface area contributed by atoms with E-state index in [0.717, 1.165) is 24.4 Å². The lowest BCUT2D eigenvalue weighted by Crippen LogP contribution is -2.07. The number of fused-ring (bicyclic) bond motifs is 1. The molecule has 3 heterocycles. The van der Waals surface area contributed by atoms with Gasteiger partial charge in [-0.05, 0) is 24.6 Å². The highest BCUT2D eigenvalue weighted by Gasteiger charge is 2.33. The Morgan fingerprint density at radius 1 is 1.32 bits per heavy atom. The van der Waals surface area contributed by atoms with Crippen LogP contribution in [0.2, 0.25) is 0 Å². The van der Waals surface area contributed by atoms with Crippen molar-refractivity contribution in [3.63, 3.8) is 0 Å². The molecule has 0 aromatic carbocycles. The summed E-state index contributed by atoms with van der Waals surface area (Å²) < 4.78 is 39.5. The van der Waals surface area contributed by atoms with Crippen molar-refractivity contribution >= 4 is 0 Å². The van der Waals surface area contributed by atoms with E-state index < -0.39 is 11.9 Å². The quantitative estimate of drug-likeness (QED) is 0.863. The van der Waals surface area contributed by atoms with Crippen molar-refractivity contribution in [2.75, 3.05) is 0 Å². The summed E-state index contributed by atoms with van der Waals surface area (Å²) in [5.41, 5.74) is 6.73. The Labute approximate surface area is 107 Å². The van der Waals surface area contributed by atoms with E-state index in [1.165, 1.54) is 6.07 Å². The van der Waals surface area contributed by atoms with Crippen molar-refractivity contribution in [1.82, 2.24) is 14.8 Å². The number of pyridine rings is 1. The average molecular weight is 268 g/mol. The van der Waals surface area contributed by atoms with E-state index in [2.05, 4.69) is 10.1 Å². The van der Waals surface area contributed by atoms with Gasteiger partial charge in [0.15, 0.2) is 0 Å². The predicted octanol–water partition coefficient (Wildman–Crippen LogP) is 2.37. The molecule has 2 aromatic heterocycles. The Hall–Kier alpha value is -1.89. The van der Waals surface area contributed by atoms with Crippen LogP contribution in [-0.2, 0) is 12.7 Å². The number of halogens is 3. The van der Waals surface area contributed by atoms with Gasteiger partial charge in [-0.15, -0.1) is 0 Å². The molecular weight excluding hydrogens is 257 g/mol. The number of aryl methyl sites for hydroxylation is 1. The molecule has 4 nitrogen and oxygen atoms in total. The fourth-order valence-corrected chi connectivity index (χ4v) is 2.20. The molecule has 0 amide bonds. The highest BCUT2D eigenvalue weighted by atomic mass is 19.4. The van der Waals surface area contributed by atoms with Crippen LogP contribution in [0.15, 0.2) is 24.4 Å². The van der Waals surface area contributed by atoms with Crippen LogP contribution in [0.25, 0.3) is 11.3 Å². The number of nitrogens with zero attached hydrogens (tertiary/aromatic N) is 3. The first-order valence-electron chi connectivity index (χ1n) is 5.82. The number of hydrogen-bond donors (Lipinski definition) is 1. The van der Waals surface area contributed by atoms with Gasteiger partial charge in [0.25, 0.3) is 0 Å². The largest absolute Gasteiger partial charge is 0.433 e. The normalized spacial score (nSPS) is 18.6. The highest BCUT2D eigenvalue weighted by molar-refractivity contribution is 5.60. The molecule has 0 fully saturated rings. The lowest BCUT2D eigenvalue weighted by Gasteiger charge is -2.06. The van der Waals surface area contributed by atoms with Crippen LogP contribution >= 0.6 is 0 Å². The molecule has 0 radical (unpaired) electrons. The van der Waals surface area contributed by atoms with Crippen LogP contribution in [0.4, 0.5) is 13.2 Å². The van der Waals surface area contributed by atoms with Gasteiger partial charge in [0.2, 0.25) is 0 Å². The maximum Gasteiger partial charge on any atom is 0.433 e. The van der Waals surface area contributed by atoms with Crippen LogP contribution in [0.1, 0.15) is 23.9 Å². The molecule has 0 aliphatic carbocycles. The number of hydrogen-bond acceptors (Lipinski definition) is 3. The van der Waals surface area contributed by atoms with E-state index in [-0.39, 0.29) is 6.04 Å². The second-order valence-electron chi connectivity index (χ2n) is 4.50. The van der Waals surface area contributed by atoms with E-state index in [1.807, 2.05) is 0 Å². The molecule has 0 spiro atoms. The monoisotopic (exact) mass is 268 g/mol. The Morgan fingerprint density at radius 3 is 2.79 bits per heavy atom. The molecule has 3 rings (SSSR count). The SMILES string of the molecule is NC1CCn2nc(-c3ccnc(C(F)(F)F)c3)cc21. The average Bonchev–Trinajstić information content (AvgIpc) is 2.91. The highest BCUT2D eigenvalue weighted by Crippen LogP contribution is 2.32. The molecule has 2 N–H and O–H groups in total. The minimum atomic E-state index is -4.45. The van der Waals surface area contributed by atoms with Gasteiger partial charge in [0.05, 0.1) is 11.4 Å². The molecule has 1 atom stereocenters. The fourth-order valence-electron chi connectivity index (χ4n) is 2.20. The van der Waals surface area contributed by atoms with Crippen molar-refractivity contribution in [2.45, 2.75) is 25.2 Å². The van der Waals surface area contributed by atoms with Crippen molar-refractivity contribution in [3.05, 3.63) is 35.8 Å². The standard InChI is InChI=1S/C12H11F3N4/c13-12(14,15)11-5-7(1-3-17-11)9-6-10-8(16)2-4-19(10)18-9/h1,3,5-6,8H,2,4,16H2. The summed E-state index contributed by atoms with van der Waals surface area (Å²) in [4.78, 5) is 3.33. The second-order valence-corrected chi connectivity index (χ2v) is 4.50. The minimum absolute atomic E-state index is 0.0924. The summed E-state index contributed by atoms with van der Waals surface area (Å²) >= 11 is 0. The van der Waals surface area contributed by atoms with Crippen LogP contribution < -0.4 is 5.73 Å². The van der Waals surface area contributed by atoms with Gasteiger partial charge < -0.3 is 5.73 Å². The topological polar surface area (TPSA) is 56.7 Å². The molecule has 100 valence electrons. The third kappa shape index (κ3) is 2.10. The van der Waals surface area contributed by atoms with E-state index >= 15 is 0 Å². The lowest BCUT2D eigenvalue weighted by molar-refractivity contribution is -0.141. The summed E-state index contributed by atoms with van der Waals surface area (Å²) in [5.74, 6) is 0. The van der Waals surface area contributed by atoms with Crippen LogP contribution in [-0.4, -0.2) is 14.8 Å². The van der Waals surface area contributed by atoms with E-state index in [9.17, 15) is 13.2 Å². The zero-order chi connectivity index (χ0) is 13.6. The summed E-state index contributed by atoms with van der Waals surface area (Å²) in [6.07, 6.45) is -2.50. The first kappa shape index (κ1) is 12.2. The fraction of sp³-hybridized carbons (Fsp3) is 0.333. The summed E-state index contributed by atoms with van der Waals surface area (Å²) in [6, 6.07) is 4.17. The van der Waals surface area contributed by atoms with Crippen molar-refractivity contribution in [1.29, 1.82) is 0 Å². The van der Waals surface area contributed by atoms with Crippen molar-refractivity contribution in [3.8, 4) is 11.3 Å². The van der Waals surface area contributed by atoms with Crippen LogP contribution in [0.3, 0.4) is 0 Å². The smallest absolute Gasteiger partial charge is 0.323 e. The molecule has 2 aromatic rings. The Kier molecular flexibility index (Phi) is 2.60. The Balaban J connectivity index is 2.01. The van der Waals surface area contributed by atoms with Gasteiger partial charge in [-0.3, -0.25) is 9.67 Å². The molecule has 19 heavy (non-hydrogen) atoms. The van der Waals surface area contributed by atoms with Gasteiger partial charge >= 0.3 is 6.18 Å². The summed E-state index contributed by atoms with van der Waals surface area (Å²) in [7, 11) is 0. The molecule has 0 bridgehead atoms. The van der Waals surface area contributed by atoms with E-state index in [4.69, 9.17) is 5.73 Å². The molecule has 1 unspecified atom stereocenters. The zero-order valence-electron chi connectivity index (χ0n) is 9.85. The second kappa shape index (κ2) is 4.06. The summed E-state index contributed by atoms with van der Waals surface area (Å²) in [6.45, 7) is 0.702.